The van der Waals surface area contributed by atoms with Gasteiger partial charge in [0, 0.05) is 43.8 Å². The molecule has 30 heavy (non-hydrogen) atoms. The van der Waals surface area contributed by atoms with Crippen molar-refractivity contribution in [3.05, 3.63) is 101 Å². The summed E-state index contributed by atoms with van der Waals surface area (Å²) < 4.78 is 0.907. The molecule has 0 spiro atoms. The summed E-state index contributed by atoms with van der Waals surface area (Å²) in [4.78, 5) is 8.26. The molecule has 0 aliphatic heterocycles. The topological polar surface area (TPSA) is 52.5 Å². The van der Waals surface area contributed by atoms with Gasteiger partial charge in [-0.3, -0.25) is 0 Å². The number of aromatic nitrogens is 2. The summed E-state index contributed by atoms with van der Waals surface area (Å²) in [5, 5.41) is 11.2. The summed E-state index contributed by atoms with van der Waals surface area (Å²) in [6, 6.07) is 30.5. The minimum Gasteiger partial charge on any atom is -0.361 e. The molecule has 4 heteroatoms. The second-order valence-corrected chi connectivity index (χ2v) is 7.84. The number of benzene rings is 3. The van der Waals surface area contributed by atoms with E-state index in [0.29, 0.717) is 11.3 Å². The summed E-state index contributed by atoms with van der Waals surface area (Å²) in [6.45, 7) is 0. The van der Waals surface area contributed by atoms with Gasteiger partial charge < -0.3 is 4.98 Å². The second kappa shape index (κ2) is 7.62. The lowest BCUT2D eigenvalue weighted by atomic mass is 9.94. The lowest BCUT2D eigenvalue weighted by Crippen LogP contribution is -1.97. The monoisotopic (exact) mass is 449 g/mol. The van der Waals surface area contributed by atoms with Crippen LogP contribution in [0.15, 0.2) is 95.6 Å². The van der Waals surface area contributed by atoms with E-state index in [-0.39, 0.29) is 0 Å². The molecule has 142 valence electrons. The zero-order chi connectivity index (χ0) is 20.5. The third-order valence-corrected chi connectivity index (χ3v) is 5.90. The van der Waals surface area contributed by atoms with Crippen molar-refractivity contribution >= 4 is 26.8 Å². The van der Waals surface area contributed by atoms with Crippen LogP contribution in [0.1, 0.15) is 5.56 Å². The molecule has 0 saturated carbocycles. The molecule has 0 fully saturated rings. The summed E-state index contributed by atoms with van der Waals surface area (Å²) in [6.07, 6.45) is 1.97. The molecule has 1 N–H and O–H groups in total. The van der Waals surface area contributed by atoms with Gasteiger partial charge in [0.25, 0.3) is 0 Å². The Morgan fingerprint density at radius 1 is 0.800 bits per heavy atom. The standard InChI is InChI=1S/C26H16BrN3/c27-23-12-6-4-11-19(23)26-21(15-28)20(14-25(30-26)17-8-2-1-3-9-17)22-16-29-24-13-7-5-10-18(22)24/h1-14,16,29H. The van der Waals surface area contributed by atoms with Crippen LogP contribution in [0.5, 0.6) is 0 Å². The van der Waals surface area contributed by atoms with Gasteiger partial charge in [0.15, 0.2) is 0 Å². The second-order valence-electron chi connectivity index (χ2n) is 6.98. The lowest BCUT2D eigenvalue weighted by molar-refractivity contribution is 1.29. The number of rotatable bonds is 3. The third-order valence-electron chi connectivity index (χ3n) is 5.21. The number of H-pyrrole nitrogens is 1. The Morgan fingerprint density at radius 3 is 2.33 bits per heavy atom. The van der Waals surface area contributed by atoms with Gasteiger partial charge in [0.05, 0.1) is 17.0 Å². The van der Waals surface area contributed by atoms with Gasteiger partial charge in [-0.1, -0.05) is 82.7 Å². The van der Waals surface area contributed by atoms with Crippen molar-refractivity contribution in [2.45, 2.75) is 0 Å². The highest BCUT2D eigenvalue weighted by Crippen LogP contribution is 2.39. The number of pyridine rings is 1. The summed E-state index contributed by atoms with van der Waals surface area (Å²) in [5.41, 5.74) is 6.88. The highest BCUT2D eigenvalue weighted by atomic mass is 79.9. The number of hydrogen-bond donors (Lipinski definition) is 1. The summed E-state index contributed by atoms with van der Waals surface area (Å²) in [5.74, 6) is 0. The fourth-order valence-electron chi connectivity index (χ4n) is 3.77. The van der Waals surface area contributed by atoms with Gasteiger partial charge in [-0.25, -0.2) is 4.98 Å². The van der Waals surface area contributed by atoms with Crippen LogP contribution in [-0.2, 0) is 0 Å². The van der Waals surface area contributed by atoms with E-state index in [1.165, 1.54) is 0 Å². The van der Waals surface area contributed by atoms with Crippen LogP contribution in [0.25, 0.3) is 44.5 Å². The highest BCUT2D eigenvalue weighted by Gasteiger charge is 2.19. The van der Waals surface area contributed by atoms with Crippen LogP contribution >= 0.6 is 15.9 Å². The summed E-state index contributed by atoms with van der Waals surface area (Å²) in [7, 11) is 0. The predicted molar refractivity (Wildman–Crippen MR) is 125 cm³/mol. The third kappa shape index (κ3) is 3.10. The fourth-order valence-corrected chi connectivity index (χ4v) is 4.24. The molecule has 0 aliphatic carbocycles. The molecular weight excluding hydrogens is 434 g/mol. The van der Waals surface area contributed by atoms with Gasteiger partial charge in [-0.15, -0.1) is 0 Å². The quantitative estimate of drug-likeness (QED) is 0.316. The maximum atomic E-state index is 10.2. The minimum absolute atomic E-state index is 0.561. The summed E-state index contributed by atoms with van der Waals surface area (Å²) >= 11 is 3.63. The molecule has 0 saturated heterocycles. The van der Waals surface area contributed by atoms with Crippen LogP contribution in [-0.4, -0.2) is 9.97 Å². The first kappa shape index (κ1) is 18.4. The molecule has 0 bridgehead atoms. The van der Waals surface area contributed by atoms with Crippen LogP contribution in [0.2, 0.25) is 0 Å². The van der Waals surface area contributed by atoms with Crippen LogP contribution < -0.4 is 0 Å². The van der Waals surface area contributed by atoms with Gasteiger partial charge in [-0.2, -0.15) is 5.26 Å². The molecule has 0 unspecified atom stereocenters. The van der Waals surface area contributed by atoms with Gasteiger partial charge in [0.2, 0.25) is 0 Å². The van der Waals surface area contributed by atoms with Crippen molar-refractivity contribution < 1.29 is 0 Å². The van der Waals surface area contributed by atoms with E-state index in [2.05, 4.69) is 33.0 Å². The average Bonchev–Trinajstić information content (AvgIpc) is 3.23. The first-order valence-electron chi connectivity index (χ1n) is 9.58. The van der Waals surface area contributed by atoms with E-state index >= 15 is 0 Å². The highest BCUT2D eigenvalue weighted by molar-refractivity contribution is 9.10. The average molecular weight is 450 g/mol. The van der Waals surface area contributed by atoms with Crippen molar-refractivity contribution in [1.29, 1.82) is 5.26 Å². The Morgan fingerprint density at radius 2 is 1.53 bits per heavy atom. The van der Waals surface area contributed by atoms with E-state index in [4.69, 9.17) is 4.98 Å². The van der Waals surface area contributed by atoms with Crippen molar-refractivity contribution in [3.8, 4) is 39.7 Å². The molecule has 0 aliphatic rings. The predicted octanol–water partition coefficient (Wildman–Crippen LogP) is 7.20. The normalized spacial score (nSPS) is 10.8. The fraction of sp³-hybridized carbons (Fsp3) is 0. The van der Waals surface area contributed by atoms with Gasteiger partial charge in [-0.05, 0) is 18.2 Å². The van der Waals surface area contributed by atoms with Crippen LogP contribution in [0.3, 0.4) is 0 Å². The molecule has 3 aromatic carbocycles. The molecule has 0 atom stereocenters. The molecular formula is C26H16BrN3. The first-order chi connectivity index (χ1) is 14.8. The molecule has 5 aromatic rings. The molecule has 0 radical (unpaired) electrons. The maximum absolute atomic E-state index is 10.2. The molecule has 0 amide bonds. The maximum Gasteiger partial charge on any atom is 0.102 e. The minimum atomic E-state index is 0.561. The number of nitrogens with one attached hydrogen (secondary N) is 1. The zero-order valence-electron chi connectivity index (χ0n) is 15.9. The van der Waals surface area contributed by atoms with Crippen molar-refractivity contribution in [3.63, 3.8) is 0 Å². The van der Waals surface area contributed by atoms with Gasteiger partial charge in [0.1, 0.15) is 6.07 Å². The number of nitrogens with zero attached hydrogens (tertiary/aromatic N) is 2. The van der Waals surface area contributed by atoms with E-state index in [9.17, 15) is 5.26 Å². The van der Waals surface area contributed by atoms with E-state index < -0.39 is 0 Å². The van der Waals surface area contributed by atoms with Gasteiger partial charge >= 0.3 is 0 Å². The number of hydrogen-bond acceptors (Lipinski definition) is 2. The number of para-hydroxylation sites is 1. The Hall–Kier alpha value is -3.68. The van der Waals surface area contributed by atoms with Crippen molar-refractivity contribution in [2.75, 3.05) is 0 Å². The number of fused-ring (bicyclic) bond motifs is 1. The van der Waals surface area contributed by atoms with Crippen molar-refractivity contribution in [2.24, 2.45) is 0 Å². The Labute approximate surface area is 182 Å². The van der Waals surface area contributed by atoms with E-state index in [0.717, 1.165) is 43.3 Å². The zero-order valence-corrected chi connectivity index (χ0v) is 17.5. The molecule has 2 heterocycles. The number of halogens is 1. The van der Waals surface area contributed by atoms with Crippen LogP contribution in [0, 0.1) is 11.3 Å². The largest absolute Gasteiger partial charge is 0.361 e. The SMILES string of the molecule is N#Cc1c(-c2c[nH]c3ccccc23)cc(-c2ccccc2)nc1-c1ccccc1Br. The molecule has 2 aromatic heterocycles. The van der Waals surface area contributed by atoms with Crippen molar-refractivity contribution in [1.82, 2.24) is 9.97 Å². The molecule has 3 nitrogen and oxygen atoms in total. The Kier molecular flexibility index (Phi) is 4.66. The Balaban J connectivity index is 1.87. The van der Waals surface area contributed by atoms with E-state index in [1.54, 1.807) is 0 Å². The lowest BCUT2D eigenvalue weighted by Gasteiger charge is -2.13. The van der Waals surface area contributed by atoms with E-state index in [1.807, 2.05) is 85.1 Å². The number of aromatic amines is 1. The van der Waals surface area contributed by atoms with Crippen LogP contribution in [0.4, 0.5) is 0 Å². The first-order valence-corrected chi connectivity index (χ1v) is 10.4. The smallest absolute Gasteiger partial charge is 0.102 e. The number of nitriles is 1. The molecule has 5 rings (SSSR count). The Bertz CT molecular complexity index is 1410.